The molecule has 2 aliphatic rings. The van der Waals surface area contributed by atoms with Crippen LogP contribution in [0.1, 0.15) is 55.7 Å². The molecule has 1 atom stereocenters. The van der Waals surface area contributed by atoms with Crippen LogP contribution < -0.4 is 5.32 Å². The highest BCUT2D eigenvalue weighted by Gasteiger charge is 2.34. The fraction of sp³-hybridized carbons (Fsp3) is 0.647. The SMILES string of the molecule is OCC1(CNC2CCCc3cc(O)ccc32)CCCC1. The van der Waals surface area contributed by atoms with Crippen LogP contribution in [0, 0.1) is 5.41 Å². The van der Waals surface area contributed by atoms with Crippen molar-refractivity contribution in [3.63, 3.8) is 0 Å². The first kappa shape index (κ1) is 13.9. The third-order valence-corrected chi connectivity index (χ3v) is 5.16. The summed E-state index contributed by atoms with van der Waals surface area (Å²) in [7, 11) is 0. The molecule has 0 heterocycles. The molecule has 110 valence electrons. The van der Waals surface area contributed by atoms with Crippen LogP contribution in [-0.2, 0) is 6.42 Å². The molecule has 0 aliphatic heterocycles. The normalized spacial score (nSPS) is 24.6. The first-order valence-electron chi connectivity index (χ1n) is 7.88. The summed E-state index contributed by atoms with van der Waals surface area (Å²) in [5, 5.41) is 23.0. The minimum absolute atomic E-state index is 0.106. The number of aliphatic hydroxyl groups is 1. The lowest BCUT2D eigenvalue weighted by Gasteiger charge is -2.32. The average Bonchev–Trinajstić information content (AvgIpc) is 2.94. The largest absolute Gasteiger partial charge is 0.508 e. The number of nitrogens with one attached hydrogen (secondary N) is 1. The maximum Gasteiger partial charge on any atom is 0.115 e. The number of hydrogen-bond donors (Lipinski definition) is 3. The number of aliphatic hydroxyl groups excluding tert-OH is 1. The Labute approximate surface area is 121 Å². The molecule has 3 heteroatoms. The van der Waals surface area contributed by atoms with E-state index >= 15 is 0 Å². The van der Waals surface area contributed by atoms with Crippen molar-refractivity contribution in [3.05, 3.63) is 29.3 Å². The average molecular weight is 275 g/mol. The lowest BCUT2D eigenvalue weighted by atomic mass is 9.84. The van der Waals surface area contributed by atoms with Gasteiger partial charge in [0.05, 0.1) is 0 Å². The first-order valence-corrected chi connectivity index (χ1v) is 7.88. The fourth-order valence-corrected chi connectivity index (χ4v) is 3.87. The predicted octanol–water partition coefficient (Wildman–Crippen LogP) is 2.91. The van der Waals surface area contributed by atoms with Gasteiger partial charge in [-0.1, -0.05) is 18.9 Å². The number of phenolic OH excluding ortho intramolecular Hbond substituents is 1. The fourth-order valence-electron chi connectivity index (χ4n) is 3.87. The second-order valence-electron chi connectivity index (χ2n) is 6.57. The van der Waals surface area contributed by atoms with Crippen LogP contribution in [0.2, 0.25) is 0 Å². The predicted molar refractivity (Wildman–Crippen MR) is 79.8 cm³/mol. The van der Waals surface area contributed by atoms with E-state index in [1.807, 2.05) is 6.07 Å². The zero-order valence-electron chi connectivity index (χ0n) is 12.1. The summed E-state index contributed by atoms with van der Waals surface area (Å²) >= 11 is 0. The monoisotopic (exact) mass is 275 g/mol. The van der Waals surface area contributed by atoms with E-state index < -0.39 is 0 Å². The molecule has 0 aromatic heterocycles. The quantitative estimate of drug-likeness (QED) is 0.792. The number of benzene rings is 1. The molecule has 1 unspecified atom stereocenters. The summed E-state index contributed by atoms with van der Waals surface area (Å²) in [6.45, 7) is 1.21. The van der Waals surface area contributed by atoms with E-state index in [1.165, 1.54) is 30.4 Å². The third kappa shape index (κ3) is 2.70. The Balaban J connectivity index is 1.70. The van der Waals surface area contributed by atoms with Crippen molar-refractivity contribution in [2.75, 3.05) is 13.2 Å². The molecule has 0 amide bonds. The topological polar surface area (TPSA) is 52.5 Å². The van der Waals surface area contributed by atoms with Crippen molar-refractivity contribution in [2.45, 2.75) is 51.0 Å². The molecular weight excluding hydrogens is 250 g/mol. The smallest absolute Gasteiger partial charge is 0.115 e. The van der Waals surface area contributed by atoms with Gasteiger partial charge >= 0.3 is 0 Å². The molecule has 0 bridgehead atoms. The number of fused-ring (bicyclic) bond motifs is 1. The maximum atomic E-state index is 9.70. The van der Waals surface area contributed by atoms with Gasteiger partial charge in [-0.3, -0.25) is 0 Å². The van der Waals surface area contributed by atoms with Crippen LogP contribution in [0.4, 0.5) is 0 Å². The number of phenols is 1. The van der Waals surface area contributed by atoms with Gasteiger partial charge in [-0.2, -0.15) is 0 Å². The van der Waals surface area contributed by atoms with Gasteiger partial charge in [0.2, 0.25) is 0 Å². The van der Waals surface area contributed by atoms with Crippen LogP contribution in [0.3, 0.4) is 0 Å². The van der Waals surface area contributed by atoms with Gasteiger partial charge < -0.3 is 15.5 Å². The molecule has 20 heavy (non-hydrogen) atoms. The van der Waals surface area contributed by atoms with E-state index in [0.29, 0.717) is 18.4 Å². The highest BCUT2D eigenvalue weighted by atomic mass is 16.3. The Morgan fingerprint density at radius 2 is 2.00 bits per heavy atom. The minimum Gasteiger partial charge on any atom is -0.508 e. The number of aryl methyl sites for hydroxylation is 1. The van der Waals surface area contributed by atoms with Gasteiger partial charge in [-0.05, 0) is 55.4 Å². The van der Waals surface area contributed by atoms with Gasteiger partial charge in [0.1, 0.15) is 5.75 Å². The van der Waals surface area contributed by atoms with E-state index in [4.69, 9.17) is 0 Å². The minimum atomic E-state index is 0.106. The molecule has 3 N–H and O–H groups in total. The first-order chi connectivity index (χ1) is 9.72. The summed E-state index contributed by atoms with van der Waals surface area (Å²) in [5.74, 6) is 0.368. The number of rotatable bonds is 4. The van der Waals surface area contributed by atoms with E-state index in [2.05, 4.69) is 11.4 Å². The van der Waals surface area contributed by atoms with Gasteiger partial charge in [-0.25, -0.2) is 0 Å². The Kier molecular flexibility index (Phi) is 3.99. The van der Waals surface area contributed by atoms with Crippen molar-refractivity contribution in [1.29, 1.82) is 0 Å². The van der Waals surface area contributed by atoms with Crippen LogP contribution >= 0.6 is 0 Å². The molecule has 0 spiro atoms. The number of hydrogen-bond acceptors (Lipinski definition) is 3. The summed E-state index contributed by atoms with van der Waals surface area (Å²) < 4.78 is 0. The van der Waals surface area contributed by atoms with Crippen molar-refractivity contribution in [1.82, 2.24) is 5.32 Å². The highest BCUT2D eigenvalue weighted by molar-refractivity contribution is 5.38. The van der Waals surface area contributed by atoms with E-state index in [9.17, 15) is 10.2 Å². The molecule has 3 rings (SSSR count). The Morgan fingerprint density at radius 1 is 1.20 bits per heavy atom. The van der Waals surface area contributed by atoms with Gasteiger partial charge in [0, 0.05) is 24.6 Å². The zero-order valence-corrected chi connectivity index (χ0v) is 12.1. The van der Waals surface area contributed by atoms with E-state index in [1.54, 1.807) is 6.07 Å². The van der Waals surface area contributed by atoms with Crippen molar-refractivity contribution in [2.24, 2.45) is 5.41 Å². The Bertz CT molecular complexity index is 466. The summed E-state index contributed by atoms with van der Waals surface area (Å²) in [5.41, 5.74) is 2.72. The third-order valence-electron chi connectivity index (χ3n) is 5.16. The van der Waals surface area contributed by atoms with E-state index in [0.717, 1.165) is 32.2 Å². The summed E-state index contributed by atoms with van der Waals surface area (Å²) in [4.78, 5) is 0. The lowest BCUT2D eigenvalue weighted by molar-refractivity contribution is 0.123. The molecular formula is C17H25NO2. The standard InChI is InChI=1S/C17H25NO2/c19-12-17(8-1-2-9-17)11-18-16-5-3-4-13-10-14(20)6-7-15(13)16/h6-7,10,16,18-20H,1-5,8-9,11-12H2. The Hall–Kier alpha value is -1.06. The maximum absolute atomic E-state index is 9.70. The second-order valence-corrected chi connectivity index (χ2v) is 6.57. The van der Waals surface area contributed by atoms with Crippen molar-refractivity contribution < 1.29 is 10.2 Å². The summed E-state index contributed by atoms with van der Waals surface area (Å²) in [6, 6.07) is 6.13. The van der Waals surface area contributed by atoms with E-state index in [-0.39, 0.29) is 5.41 Å². The molecule has 1 aromatic rings. The summed E-state index contributed by atoms with van der Waals surface area (Å²) in [6.07, 6.45) is 8.17. The van der Waals surface area contributed by atoms with Gasteiger partial charge in [0.25, 0.3) is 0 Å². The molecule has 0 radical (unpaired) electrons. The van der Waals surface area contributed by atoms with Gasteiger partial charge in [-0.15, -0.1) is 0 Å². The molecule has 2 aliphatic carbocycles. The van der Waals surface area contributed by atoms with Crippen molar-refractivity contribution in [3.8, 4) is 5.75 Å². The molecule has 1 fully saturated rings. The van der Waals surface area contributed by atoms with Crippen LogP contribution in [0.15, 0.2) is 18.2 Å². The zero-order chi connectivity index (χ0) is 14.0. The number of aromatic hydroxyl groups is 1. The lowest BCUT2D eigenvalue weighted by Crippen LogP contribution is -2.38. The Morgan fingerprint density at radius 3 is 2.75 bits per heavy atom. The molecule has 3 nitrogen and oxygen atoms in total. The molecule has 0 saturated heterocycles. The van der Waals surface area contributed by atoms with Crippen molar-refractivity contribution >= 4 is 0 Å². The molecule has 1 aromatic carbocycles. The van der Waals surface area contributed by atoms with Crippen LogP contribution in [0.25, 0.3) is 0 Å². The van der Waals surface area contributed by atoms with Gasteiger partial charge in [0.15, 0.2) is 0 Å². The second kappa shape index (κ2) is 5.74. The van der Waals surface area contributed by atoms with Crippen LogP contribution in [0.5, 0.6) is 5.75 Å². The highest BCUT2D eigenvalue weighted by Crippen LogP contribution is 2.38. The molecule has 1 saturated carbocycles. The van der Waals surface area contributed by atoms with Crippen LogP contribution in [-0.4, -0.2) is 23.4 Å².